The van der Waals surface area contributed by atoms with E-state index in [0.717, 1.165) is 37.1 Å². The number of nitrogens with one attached hydrogen (secondary N) is 3. The number of carbonyl (C=O) groups is 1. The molecular weight excluding hydrogens is 464 g/mol. The molecule has 7 nitrogen and oxygen atoms in total. The molecule has 2 aliphatic heterocycles. The second-order valence-electron chi connectivity index (χ2n) is 9.53. The van der Waals surface area contributed by atoms with E-state index in [1.807, 2.05) is 61.2 Å². The third-order valence-electron chi connectivity index (χ3n) is 6.69. The molecule has 190 valence electrons. The molecule has 8 heteroatoms. The smallest absolute Gasteiger partial charge is 0.262 e. The molecule has 1 amide bonds. The molecule has 0 spiro atoms. The first-order chi connectivity index (χ1) is 16.9. The maximum atomic E-state index is 14.4. The van der Waals surface area contributed by atoms with Gasteiger partial charge in [0.05, 0.1) is 13.2 Å². The van der Waals surface area contributed by atoms with Crippen LogP contribution in [0, 0.1) is 0 Å². The van der Waals surface area contributed by atoms with E-state index in [9.17, 15) is 4.79 Å². The number of piperazine rings is 1. The van der Waals surface area contributed by atoms with E-state index in [-0.39, 0.29) is 24.1 Å². The van der Waals surface area contributed by atoms with Crippen molar-refractivity contribution in [3.8, 4) is 11.5 Å². The molecular formula is C27H37ClN4O3. The lowest BCUT2D eigenvalue weighted by molar-refractivity contribution is -0.140. The summed E-state index contributed by atoms with van der Waals surface area (Å²) in [6, 6.07) is 13.6. The van der Waals surface area contributed by atoms with Gasteiger partial charge in [-0.15, -0.1) is 0 Å². The van der Waals surface area contributed by atoms with E-state index in [4.69, 9.17) is 21.1 Å². The summed E-state index contributed by atoms with van der Waals surface area (Å²) in [7, 11) is 1.63. The van der Waals surface area contributed by atoms with Crippen molar-refractivity contribution in [2.45, 2.75) is 57.5 Å². The van der Waals surface area contributed by atoms with Crippen LogP contribution in [0.3, 0.4) is 0 Å². The quantitative estimate of drug-likeness (QED) is 0.511. The zero-order chi connectivity index (χ0) is 25.0. The first-order valence-corrected chi connectivity index (χ1v) is 12.9. The van der Waals surface area contributed by atoms with E-state index in [2.05, 4.69) is 22.9 Å². The number of rotatable bonds is 8. The Hall–Kier alpha value is -2.32. The molecule has 2 saturated heterocycles. The van der Waals surface area contributed by atoms with Crippen LogP contribution >= 0.6 is 11.6 Å². The highest BCUT2D eigenvalue weighted by molar-refractivity contribution is 6.30. The Kier molecular flexibility index (Phi) is 8.22. The van der Waals surface area contributed by atoms with Crippen molar-refractivity contribution in [2.75, 3.05) is 33.3 Å². The van der Waals surface area contributed by atoms with Crippen LogP contribution in [0.2, 0.25) is 5.02 Å². The van der Waals surface area contributed by atoms with E-state index in [1.165, 1.54) is 0 Å². The number of nitrogens with zero attached hydrogens (tertiary/aromatic N) is 1. The first kappa shape index (κ1) is 25.8. The second kappa shape index (κ2) is 11.2. The van der Waals surface area contributed by atoms with Gasteiger partial charge < -0.3 is 19.7 Å². The van der Waals surface area contributed by atoms with Crippen LogP contribution in [-0.4, -0.2) is 56.2 Å². The lowest BCUT2D eigenvalue weighted by atomic mass is 9.96. The fraction of sp³-hybridized carbons (Fsp3) is 0.519. The second-order valence-corrected chi connectivity index (χ2v) is 9.97. The molecule has 3 unspecified atom stereocenters. The Morgan fingerprint density at radius 2 is 1.86 bits per heavy atom. The SMILES string of the molecule is CCCC1NC(C(=O)N2CCNCC2)(c2ccc(OC)cc2OC(C)C)NC1c1ccc(Cl)cc1. The fourth-order valence-corrected chi connectivity index (χ4v) is 5.19. The van der Waals surface area contributed by atoms with Gasteiger partial charge in [0.15, 0.2) is 5.66 Å². The predicted molar refractivity (Wildman–Crippen MR) is 139 cm³/mol. The van der Waals surface area contributed by atoms with Crippen molar-refractivity contribution in [1.82, 2.24) is 20.9 Å². The van der Waals surface area contributed by atoms with Crippen molar-refractivity contribution >= 4 is 17.5 Å². The lowest BCUT2D eigenvalue weighted by Crippen LogP contribution is -2.62. The van der Waals surface area contributed by atoms with Crippen molar-refractivity contribution in [2.24, 2.45) is 0 Å². The van der Waals surface area contributed by atoms with Gasteiger partial charge in [0, 0.05) is 54.9 Å². The molecule has 35 heavy (non-hydrogen) atoms. The van der Waals surface area contributed by atoms with Crippen LogP contribution in [-0.2, 0) is 10.5 Å². The van der Waals surface area contributed by atoms with Gasteiger partial charge in [-0.25, -0.2) is 0 Å². The maximum absolute atomic E-state index is 14.4. The van der Waals surface area contributed by atoms with Gasteiger partial charge in [-0.2, -0.15) is 0 Å². The standard InChI is InChI=1S/C27H37ClN4O3/c1-5-6-23-25(19-7-9-20(28)10-8-19)31-27(30-23,26(33)32-15-13-29-14-16-32)22-12-11-21(34-4)17-24(22)35-18(2)3/h7-12,17-18,23,25,29-31H,5-6,13-16H2,1-4H3. The maximum Gasteiger partial charge on any atom is 0.262 e. The van der Waals surface area contributed by atoms with Crippen molar-refractivity contribution < 1.29 is 14.3 Å². The van der Waals surface area contributed by atoms with Crippen LogP contribution in [0.25, 0.3) is 0 Å². The molecule has 0 aromatic heterocycles. The normalized spacial score (nSPS) is 24.6. The minimum atomic E-state index is -1.14. The summed E-state index contributed by atoms with van der Waals surface area (Å²) in [5, 5.41) is 11.5. The summed E-state index contributed by atoms with van der Waals surface area (Å²) in [4.78, 5) is 16.3. The number of hydrogen-bond donors (Lipinski definition) is 3. The van der Waals surface area contributed by atoms with Crippen LogP contribution in [0.5, 0.6) is 11.5 Å². The molecule has 2 fully saturated rings. The molecule has 2 heterocycles. The number of ether oxygens (including phenoxy) is 2. The number of benzene rings is 2. The molecule has 3 N–H and O–H groups in total. The monoisotopic (exact) mass is 500 g/mol. The summed E-state index contributed by atoms with van der Waals surface area (Å²) < 4.78 is 11.7. The lowest BCUT2D eigenvalue weighted by Gasteiger charge is -2.38. The minimum absolute atomic E-state index is 0.00957. The van der Waals surface area contributed by atoms with Crippen molar-refractivity contribution in [1.29, 1.82) is 0 Å². The molecule has 3 atom stereocenters. The zero-order valence-corrected chi connectivity index (χ0v) is 21.8. The van der Waals surface area contributed by atoms with E-state index < -0.39 is 5.66 Å². The van der Waals surface area contributed by atoms with Gasteiger partial charge in [0.1, 0.15) is 11.5 Å². The molecule has 0 radical (unpaired) electrons. The average molecular weight is 501 g/mol. The molecule has 2 aromatic carbocycles. The molecule has 4 rings (SSSR count). The molecule has 2 aromatic rings. The molecule has 0 saturated carbocycles. The summed E-state index contributed by atoms with van der Waals surface area (Å²) >= 11 is 6.19. The highest BCUT2D eigenvalue weighted by Crippen LogP contribution is 2.41. The van der Waals surface area contributed by atoms with Crippen LogP contribution in [0.1, 0.15) is 50.8 Å². The number of carbonyl (C=O) groups excluding carboxylic acids is 1. The summed E-state index contributed by atoms with van der Waals surface area (Å²) in [6.45, 7) is 9.01. The number of methoxy groups -OCH3 is 1. The largest absolute Gasteiger partial charge is 0.497 e. The Balaban J connectivity index is 1.84. The van der Waals surface area contributed by atoms with Gasteiger partial charge in [-0.05, 0) is 50.1 Å². The Labute approximate surface area is 213 Å². The summed E-state index contributed by atoms with van der Waals surface area (Å²) in [5.74, 6) is 1.33. The van der Waals surface area contributed by atoms with Gasteiger partial charge in [-0.3, -0.25) is 15.4 Å². The van der Waals surface area contributed by atoms with Crippen LogP contribution in [0.15, 0.2) is 42.5 Å². The van der Waals surface area contributed by atoms with Gasteiger partial charge in [0.2, 0.25) is 0 Å². The van der Waals surface area contributed by atoms with E-state index >= 15 is 0 Å². The summed E-state index contributed by atoms with van der Waals surface area (Å²) in [6.07, 6.45) is 1.83. The third-order valence-corrected chi connectivity index (χ3v) is 6.94. The van der Waals surface area contributed by atoms with E-state index in [0.29, 0.717) is 29.6 Å². The number of halogens is 1. The average Bonchev–Trinajstić information content (AvgIpc) is 3.24. The van der Waals surface area contributed by atoms with Crippen LogP contribution in [0.4, 0.5) is 0 Å². The zero-order valence-electron chi connectivity index (χ0n) is 21.1. The summed E-state index contributed by atoms with van der Waals surface area (Å²) in [5.41, 5.74) is 0.723. The molecule has 2 aliphatic rings. The van der Waals surface area contributed by atoms with Crippen molar-refractivity contribution in [3.63, 3.8) is 0 Å². The topological polar surface area (TPSA) is 74.9 Å². The Morgan fingerprint density at radius 3 is 2.49 bits per heavy atom. The van der Waals surface area contributed by atoms with Gasteiger partial charge in [-0.1, -0.05) is 37.1 Å². The number of amides is 1. The highest BCUT2D eigenvalue weighted by Gasteiger charge is 2.53. The molecule has 0 bridgehead atoms. The van der Waals surface area contributed by atoms with Gasteiger partial charge in [0.25, 0.3) is 5.91 Å². The van der Waals surface area contributed by atoms with Crippen molar-refractivity contribution in [3.05, 3.63) is 58.6 Å². The number of hydrogen-bond acceptors (Lipinski definition) is 6. The van der Waals surface area contributed by atoms with Crippen LogP contribution < -0.4 is 25.4 Å². The fourth-order valence-electron chi connectivity index (χ4n) is 5.06. The highest BCUT2D eigenvalue weighted by atomic mass is 35.5. The van der Waals surface area contributed by atoms with E-state index in [1.54, 1.807) is 7.11 Å². The predicted octanol–water partition coefficient (Wildman–Crippen LogP) is 3.82. The Morgan fingerprint density at radius 1 is 1.14 bits per heavy atom. The first-order valence-electron chi connectivity index (χ1n) is 12.5. The van der Waals surface area contributed by atoms with Gasteiger partial charge >= 0.3 is 0 Å². The Bertz CT molecular complexity index is 1010. The molecule has 0 aliphatic carbocycles. The minimum Gasteiger partial charge on any atom is -0.497 e. The third kappa shape index (κ3) is 5.43.